The number of hydrogen-bond donors (Lipinski definition) is 2. The Bertz CT molecular complexity index is 1680. The van der Waals surface area contributed by atoms with Gasteiger partial charge in [0.2, 0.25) is 0 Å². The van der Waals surface area contributed by atoms with Crippen molar-refractivity contribution in [1.29, 1.82) is 0 Å². The van der Waals surface area contributed by atoms with Crippen LogP contribution in [0, 0.1) is 6.92 Å². The lowest BCUT2D eigenvalue weighted by atomic mass is 10.1. The molecule has 0 bridgehead atoms. The normalized spacial score (nSPS) is 12.6. The Labute approximate surface area is 201 Å². The molecular weight excluding hydrogens is 440 g/mol. The largest absolute Gasteiger partial charge is 0.335 e. The minimum absolute atomic E-state index is 0.635. The van der Waals surface area contributed by atoms with Crippen molar-refractivity contribution in [1.82, 2.24) is 30.1 Å². The Morgan fingerprint density at radius 1 is 1.15 bits per heavy atom. The molecule has 34 heavy (non-hydrogen) atoms. The number of aromatic amines is 2. The molecule has 0 amide bonds. The highest BCUT2D eigenvalue weighted by atomic mass is 32.1. The Morgan fingerprint density at radius 2 is 2.00 bits per heavy atom. The van der Waals surface area contributed by atoms with Gasteiger partial charge in [0.05, 0.1) is 10.9 Å². The van der Waals surface area contributed by atoms with Gasteiger partial charge in [0.1, 0.15) is 5.69 Å². The van der Waals surface area contributed by atoms with Crippen molar-refractivity contribution < 1.29 is 0 Å². The quantitative estimate of drug-likeness (QED) is 0.379. The third-order valence-electron chi connectivity index (χ3n) is 5.64. The van der Waals surface area contributed by atoms with Gasteiger partial charge in [0.25, 0.3) is 0 Å². The first-order valence-corrected chi connectivity index (χ1v) is 11.7. The predicted molar refractivity (Wildman–Crippen MR) is 141 cm³/mol. The molecule has 0 aliphatic rings. The molecule has 0 spiro atoms. The fourth-order valence-corrected chi connectivity index (χ4v) is 4.69. The van der Waals surface area contributed by atoms with Crippen molar-refractivity contribution in [3.63, 3.8) is 0 Å². The molecule has 168 valence electrons. The summed E-state index contributed by atoms with van der Waals surface area (Å²) < 4.78 is 0. The minimum atomic E-state index is 0.635. The van der Waals surface area contributed by atoms with Crippen LogP contribution in [0.2, 0.25) is 0 Å². The van der Waals surface area contributed by atoms with Crippen LogP contribution < -0.4 is 10.6 Å². The topological polar surface area (TPSA) is 83.1 Å². The van der Waals surface area contributed by atoms with Crippen LogP contribution in [-0.2, 0) is 0 Å². The fraction of sp³-hybridized carbons (Fsp3) is 0.111. The molecule has 5 aromatic heterocycles. The summed E-state index contributed by atoms with van der Waals surface area (Å²) in [5.74, 6) is 0.635. The van der Waals surface area contributed by atoms with E-state index in [0.717, 1.165) is 53.7 Å². The Balaban J connectivity index is 1.53. The average Bonchev–Trinajstić information content (AvgIpc) is 3.55. The maximum Gasteiger partial charge on any atom is 0.178 e. The summed E-state index contributed by atoms with van der Waals surface area (Å²) in [5, 5.41) is 9.16. The number of hydrogen-bond acceptors (Lipinski definition) is 5. The van der Waals surface area contributed by atoms with Gasteiger partial charge in [-0.3, -0.25) is 10.1 Å². The fourth-order valence-electron chi connectivity index (χ4n) is 3.73. The summed E-state index contributed by atoms with van der Waals surface area (Å²) in [6.45, 7) is 14.4. The molecule has 5 heterocycles. The number of rotatable bonds is 5. The van der Waals surface area contributed by atoms with E-state index in [4.69, 9.17) is 4.98 Å². The summed E-state index contributed by atoms with van der Waals surface area (Å²) in [6.07, 6.45) is 9.51. The lowest BCUT2D eigenvalue weighted by Gasteiger charge is -2.00. The molecule has 0 aliphatic heterocycles. The molecular formula is C27H24N6S. The molecule has 0 atom stereocenters. The molecule has 5 aromatic rings. The zero-order valence-corrected chi connectivity index (χ0v) is 20.1. The maximum atomic E-state index is 4.70. The van der Waals surface area contributed by atoms with Crippen LogP contribution in [0.5, 0.6) is 0 Å². The molecule has 5 rings (SSSR count). The van der Waals surface area contributed by atoms with Crippen molar-refractivity contribution in [2.75, 3.05) is 0 Å². The maximum absolute atomic E-state index is 4.70. The van der Waals surface area contributed by atoms with Crippen molar-refractivity contribution in [3.8, 4) is 22.0 Å². The van der Waals surface area contributed by atoms with E-state index < -0.39 is 0 Å². The van der Waals surface area contributed by atoms with Crippen LogP contribution in [0.3, 0.4) is 0 Å². The van der Waals surface area contributed by atoms with E-state index in [2.05, 4.69) is 63.4 Å². The first kappa shape index (κ1) is 21.7. The highest BCUT2D eigenvalue weighted by molar-refractivity contribution is 7.16. The second-order valence-corrected chi connectivity index (χ2v) is 9.40. The van der Waals surface area contributed by atoms with Crippen LogP contribution in [0.25, 0.3) is 56.9 Å². The van der Waals surface area contributed by atoms with Gasteiger partial charge >= 0.3 is 0 Å². The van der Waals surface area contributed by atoms with Crippen LogP contribution in [-0.4, -0.2) is 30.1 Å². The van der Waals surface area contributed by atoms with Gasteiger partial charge in [-0.1, -0.05) is 19.2 Å². The van der Waals surface area contributed by atoms with Gasteiger partial charge in [-0.2, -0.15) is 5.10 Å². The number of allylic oxidation sites excluding steroid dienone is 3. The number of thiophene rings is 1. The molecule has 0 saturated carbocycles. The number of nitrogens with one attached hydrogen (secondary N) is 2. The summed E-state index contributed by atoms with van der Waals surface area (Å²) in [5.41, 5.74) is 7.62. The van der Waals surface area contributed by atoms with E-state index in [0.29, 0.717) is 17.2 Å². The van der Waals surface area contributed by atoms with E-state index in [9.17, 15) is 0 Å². The van der Waals surface area contributed by atoms with E-state index in [1.54, 1.807) is 17.5 Å². The molecule has 0 fully saturated rings. The van der Waals surface area contributed by atoms with Crippen LogP contribution in [0.1, 0.15) is 29.9 Å². The number of pyridine rings is 2. The third kappa shape index (κ3) is 4.02. The van der Waals surface area contributed by atoms with Crippen molar-refractivity contribution in [3.05, 3.63) is 82.1 Å². The lowest BCUT2D eigenvalue weighted by Crippen LogP contribution is -2.21. The van der Waals surface area contributed by atoms with Crippen molar-refractivity contribution >= 4 is 46.3 Å². The minimum Gasteiger partial charge on any atom is -0.335 e. The van der Waals surface area contributed by atoms with Gasteiger partial charge in [-0.15, -0.1) is 11.3 Å². The summed E-state index contributed by atoms with van der Waals surface area (Å²) in [6, 6.07) is 8.32. The molecule has 6 nitrogen and oxygen atoms in total. The zero-order chi connectivity index (χ0) is 23.8. The molecule has 0 aliphatic carbocycles. The standard InChI is InChI=1S/C27H24N6S/c1-15(2)22-8-9-23(34-22)20-10-11-29-26-25(20)30-27(31-26)24-18(5)21(32-33-24)7-6-17(4)19-12-16(3)13-28-14-19/h6-14,32H,1,5H2,2-4H3,(H,29,30,31)/b17-6+,21-7+. The monoisotopic (exact) mass is 464 g/mol. The number of fused-ring (bicyclic) bond motifs is 1. The second-order valence-electron chi connectivity index (χ2n) is 8.32. The van der Waals surface area contributed by atoms with Crippen LogP contribution in [0.15, 0.2) is 55.5 Å². The smallest absolute Gasteiger partial charge is 0.178 e. The van der Waals surface area contributed by atoms with Gasteiger partial charge in [-0.05, 0) is 73.4 Å². The Hall–Kier alpha value is -4.10. The third-order valence-corrected chi connectivity index (χ3v) is 6.92. The second kappa shape index (κ2) is 8.68. The van der Waals surface area contributed by atoms with Crippen LogP contribution in [0.4, 0.5) is 0 Å². The van der Waals surface area contributed by atoms with E-state index in [1.165, 1.54) is 0 Å². The number of nitrogens with zero attached hydrogens (tertiary/aromatic N) is 4. The van der Waals surface area contributed by atoms with Gasteiger partial charge in [0.15, 0.2) is 11.5 Å². The molecule has 0 unspecified atom stereocenters. The number of aryl methyl sites for hydroxylation is 1. The highest BCUT2D eigenvalue weighted by Crippen LogP contribution is 2.34. The zero-order valence-electron chi connectivity index (χ0n) is 19.3. The van der Waals surface area contributed by atoms with Gasteiger partial charge < -0.3 is 4.98 Å². The first-order valence-electron chi connectivity index (χ1n) is 10.9. The molecule has 0 saturated heterocycles. The first-order chi connectivity index (χ1) is 16.4. The summed E-state index contributed by atoms with van der Waals surface area (Å²) in [4.78, 5) is 19.1. The van der Waals surface area contributed by atoms with Crippen LogP contribution >= 0.6 is 11.3 Å². The molecule has 2 N–H and O–H groups in total. The highest BCUT2D eigenvalue weighted by Gasteiger charge is 2.15. The number of imidazole rings is 1. The van der Waals surface area contributed by atoms with Crippen molar-refractivity contribution in [2.45, 2.75) is 20.8 Å². The summed E-state index contributed by atoms with van der Waals surface area (Å²) >= 11 is 1.70. The molecule has 7 heteroatoms. The SMILES string of the molecule is C=C(C)c1ccc(-c2ccnc3nc(-c4n[nH]/c(=C/C=C(\C)c5cncc(C)c5)c4=C)[nH]c23)s1. The lowest BCUT2D eigenvalue weighted by molar-refractivity contribution is 1.06. The Kier molecular flexibility index (Phi) is 5.55. The Morgan fingerprint density at radius 3 is 2.76 bits per heavy atom. The van der Waals surface area contributed by atoms with E-state index >= 15 is 0 Å². The summed E-state index contributed by atoms with van der Waals surface area (Å²) in [7, 11) is 0. The van der Waals surface area contributed by atoms with Gasteiger partial charge in [-0.25, -0.2) is 9.97 Å². The number of aromatic nitrogens is 6. The van der Waals surface area contributed by atoms with Crippen molar-refractivity contribution in [2.24, 2.45) is 0 Å². The number of H-pyrrole nitrogens is 2. The molecule has 0 radical (unpaired) electrons. The van der Waals surface area contributed by atoms with E-state index in [-0.39, 0.29) is 0 Å². The molecule has 0 aromatic carbocycles. The van der Waals surface area contributed by atoms with E-state index in [1.807, 2.05) is 44.5 Å². The van der Waals surface area contributed by atoms with Gasteiger partial charge in [0, 0.05) is 39.1 Å². The average molecular weight is 465 g/mol. The predicted octanol–water partition coefficient (Wildman–Crippen LogP) is 5.11.